The summed E-state index contributed by atoms with van der Waals surface area (Å²) in [6.07, 6.45) is 45.5. The van der Waals surface area contributed by atoms with Crippen LogP contribution in [-0.2, 0) is 9.53 Å². The number of hydrogen-bond donors (Lipinski definition) is 1. The average Bonchev–Trinajstić information content (AvgIpc) is 2.98. The largest absolute Gasteiger partial charge is 0.466 e. The fourth-order valence-corrected chi connectivity index (χ4v) is 6.63. The maximum atomic E-state index is 12.3. The number of ether oxygens (including phenoxy) is 1. The number of carbonyl (C=O) groups is 1. The van der Waals surface area contributed by atoms with Crippen molar-refractivity contribution in [3.63, 3.8) is 0 Å². The molecule has 0 rings (SSSR count). The molecule has 0 aliphatic rings. The second-order valence-corrected chi connectivity index (χ2v) is 15.3. The minimum atomic E-state index is -0.234. The topological polar surface area (TPSA) is 26.3 Å². The van der Waals surface area contributed by atoms with Gasteiger partial charge in [0.25, 0.3) is 0 Å². The normalized spacial score (nSPS) is 12.9. The Hall–Kier alpha value is -0.180. The summed E-state index contributed by atoms with van der Waals surface area (Å²) in [5, 5.41) is 0. The molecule has 0 aliphatic carbocycles. The third kappa shape index (κ3) is 36.2. The molecule has 0 saturated heterocycles. The summed E-state index contributed by atoms with van der Waals surface area (Å²) in [6.45, 7) is 7.28. The van der Waals surface area contributed by atoms with Crippen molar-refractivity contribution in [2.24, 2.45) is 0 Å². The fourth-order valence-electron chi connectivity index (χ4n) is 6.34. The van der Waals surface area contributed by atoms with Crippen LogP contribution in [0.3, 0.4) is 0 Å². The van der Waals surface area contributed by atoms with E-state index < -0.39 is 0 Å². The molecule has 2 nitrogen and oxygen atoms in total. The van der Waals surface area contributed by atoms with Crippen LogP contribution in [0.4, 0.5) is 0 Å². The Morgan fingerprint density at radius 3 is 1.00 bits per heavy atom. The van der Waals surface area contributed by atoms with E-state index in [1.165, 1.54) is 199 Å². The summed E-state index contributed by atoms with van der Waals surface area (Å²) in [5.74, 6) is -0.0602. The zero-order chi connectivity index (χ0) is 31.5. The van der Waals surface area contributed by atoms with Gasteiger partial charge in [-0.15, -0.1) is 0 Å². The molecule has 0 bridgehead atoms. The molecule has 258 valence electrons. The van der Waals surface area contributed by atoms with Crippen LogP contribution in [0, 0.1) is 0 Å². The molecule has 0 aliphatic heterocycles. The Morgan fingerprint density at radius 1 is 0.442 bits per heavy atom. The molecule has 0 fully saturated rings. The third-order valence-corrected chi connectivity index (χ3v) is 9.74. The van der Waals surface area contributed by atoms with Gasteiger partial charge in [-0.25, -0.2) is 0 Å². The second kappa shape index (κ2) is 34.7. The van der Waals surface area contributed by atoms with E-state index in [4.69, 9.17) is 17.4 Å². The molecule has 0 radical (unpaired) electrons. The molecular formula is C40H80O2S. The Kier molecular flexibility index (Phi) is 34.5. The first-order valence-electron chi connectivity index (χ1n) is 19.9. The van der Waals surface area contributed by atoms with Crippen LogP contribution in [0.1, 0.15) is 239 Å². The Balaban J connectivity index is 3.38. The molecular weight excluding hydrogens is 545 g/mol. The standard InChI is InChI=1S/C40H80O2S/c1-4-6-8-10-12-14-16-18-20-22-24-26-28-30-32-34-36-40(3,43)38-39(41)42-37-35-33-31-29-27-25-23-21-19-17-15-13-11-9-7-5-2/h43H,4-38H2,1-3H3. The summed E-state index contributed by atoms with van der Waals surface area (Å²) in [6, 6.07) is 0. The summed E-state index contributed by atoms with van der Waals surface area (Å²) in [7, 11) is 0. The lowest BCUT2D eigenvalue weighted by Gasteiger charge is -2.22. The highest BCUT2D eigenvalue weighted by Gasteiger charge is 2.23. The van der Waals surface area contributed by atoms with E-state index in [0.29, 0.717) is 13.0 Å². The molecule has 0 aromatic heterocycles. The van der Waals surface area contributed by atoms with Gasteiger partial charge in [0.05, 0.1) is 13.0 Å². The van der Waals surface area contributed by atoms with E-state index in [-0.39, 0.29) is 10.7 Å². The monoisotopic (exact) mass is 625 g/mol. The van der Waals surface area contributed by atoms with Crippen molar-refractivity contribution in [1.29, 1.82) is 0 Å². The number of esters is 1. The van der Waals surface area contributed by atoms with Gasteiger partial charge in [0.15, 0.2) is 0 Å². The average molecular weight is 625 g/mol. The maximum absolute atomic E-state index is 12.3. The van der Waals surface area contributed by atoms with Gasteiger partial charge in [-0.1, -0.05) is 220 Å². The predicted molar refractivity (Wildman–Crippen MR) is 197 cm³/mol. The van der Waals surface area contributed by atoms with Crippen LogP contribution in [0.15, 0.2) is 0 Å². The van der Waals surface area contributed by atoms with Gasteiger partial charge < -0.3 is 4.74 Å². The van der Waals surface area contributed by atoms with E-state index in [1.807, 2.05) is 0 Å². The van der Waals surface area contributed by atoms with Crippen LogP contribution in [0.5, 0.6) is 0 Å². The minimum Gasteiger partial charge on any atom is -0.466 e. The van der Waals surface area contributed by atoms with Crippen molar-refractivity contribution in [1.82, 2.24) is 0 Å². The van der Waals surface area contributed by atoms with Gasteiger partial charge >= 0.3 is 5.97 Å². The SMILES string of the molecule is CCCCCCCCCCCCCCCCCCOC(=O)CC(C)(S)CCCCCCCCCCCCCCCCCC. The van der Waals surface area contributed by atoms with Crippen molar-refractivity contribution >= 4 is 18.6 Å². The van der Waals surface area contributed by atoms with Crippen molar-refractivity contribution < 1.29 is 9.53 Å². The summed E-state index contributed by atoms with van der Waals surface area (Å²) >= 11 is 4.81. The number of thiol groups is 1. The summed E-state index contributed by atoms with van der Waals surface area (Å²) in [4.78, 5) is 12.3. The quantitative estimate of drug-likeness (QED) is 0.0426. The Morgan fingerprint density at radius 2 is 0.698 bits per heavy atom. The summed E-state index contributed by atoms with van der Waals surface area (Å²) in [5.41, 5.74) is 0. The van der Waals surface area contributed by atoms with Gasteiger partial charge in [0, 0.05) is 4.75 Å². The third-order valence-electron chi connectivity index (χ3n) is 9.36. The number of hydrogen-bond acceptors (Lipinski definition) is 3. The maximum Gasteiger partial charge on any atom is 0.307 e. The van der Waals surface area contributed by atoms with Crippen molar-refractivity contribution in [2.75, 3.05) is 6.61 Å². The van der Waals surface area contributed by atoms with E-state index in [1.54, 1.807) is 0 Å². The minimum absolute atomic E-state index is 0.0602. The van der Waals surface area contributed by atoms with Gasteiger partial charge in [0.2, 0.25) is 0 Å². The van der Waals surface area contributed by atoms with Crippen molar-refractivity contribution in [3.05, 3.63) is 0 Å². The summed E-state index contributed by atoms with van der Waals surface area (Å²) < 4.78 is 5.31. The second-order valence-electron chi connectivity index (χ2n) is 14.3. The molecule has 0 saturated carbocycles. The van der Waals surface area contributed by atoms with Crippen LogP contribution in [-0.4, -0.2) is 17.3 Å². The molecule has 1 atom stereocenters. The van der Waals surface area contributed by atoms with Crippen LogP contribution < -0.4 is 0 Å². The molecule has 0 aromatic rings. The molecule has 0 N–H and O–H groups in total. The molecule has 43 heavy (non-hydrogen) atoms. The van der Waals surface area contributed by atoms with Crippen molar-refractivity contribution in [2.45, 2.75) is 244 Å². The first-order chi connectivity index (χ1) is 21.0. The lowest BCUT2D eigenvalue weighted by molar-refractivity contribution is -0.144. The van der Waals surface area contributed by atoms with E-state index in [0.717, 1.165) is 12.8 Å². The Bertz CT molecular complexity index is 547. The smallest absolute Gasteiger partial charge is 0.307 e. The molecule has 3 heteroatoms. The number of rotatable bonds is 36. The van der Waals surface area contributed by atoms with Gasteiger partial charge in [-0.05, 0) is 12.8 Å². The van der Waals surface area contributed by atoms with E-state index >= 15 is 0 Å². The predicted octanol–water partition coefficient (Wildman–Crippen LogP) is 14.5. The lowest BCUT2D eigenvalue weighted by atomic mass is 9.97. The lowest BCUT2D eigenvalue weighted by Crippen LogP contribution is -2.23. The zero-order valence-corrected chi connectivity index (χ0v) is 30.9. The van der Waals surface area contributed by atoms with Gasteiger partial charge in [0.1, 0.15) is 0 Å². The molecule has 0 spiro atoms. The van der Waals surface area contributed by atoms with Crippen LogP contribution in [0.2, 0.25) is 0 Å². The molecule has 1 unspecified atom stereocenters. The molecule has 0 amide bonds. The highest BCUT2D eigenvalue weighted by atomic mass is 32.1. The molecule has 0 heterocycles. The fraction of sp³-hybridized carbons (Fsp3) is 0.975. The van der Waals surface area contributed by atoms with Gasteiger partial charge in [-0.3, -0.25) is 4.79 Å². The number of carbonyl (C=O) groups excluding carboxylic acids is 1. The van der Waals surface area contributed by atoms with E-state index in [9.17, 15) is 4.79 Å². The van der Waals surface area contributed by atoms with E-state index in [2.05, 4.69) is 20.8 Å². The molecule has 0 aromatic carbocycles. The highest BCUT2D eigenvalue weighted by Crippen LogP contribution is 2.27. The first-order valence-corrected chi connectivity index (χ1v) is 20.3. The van der Waals surface area contributed by atoms with Gasteiger partial charge in [-0.2, -0.15) is 12.6 Å². The van der Waals surface area contributed by atoms with Crippen LogP contribution >= 0.6 is 12.6 Å². The van der Waals surface area contributed by atoms with Crippen LogP contribution in [0.25, 0.3) is 0 Å². The Labute approximate surface area is 277 Å². The zero-order valence-electron chi connectivity index (χ0n) is 30.0. The first kappa shape index (κ1) is 42.8. The highest BCUT2D eigenvalue weighted by molar-refractivity contribution is 7.81. The number of unbranched alkanes of at least 4 members (excludes halogenated alkanes) is 30. The van der Waals surface area contributed by atoms with Crippen molar-refractivity contribution in [3.8, 4) is 0 Å².